The van der Waals surface area contributed by atoms with Crippen molar-refractivity contribution in [2.75, 3.05) is 11.6 Å². The topological polar surface area (TPSA) is 72.0 Å². The fourth-order valence-corrected chi connectivity index (χ4v) is 4.32. The van der Waals surface area contributed by atoms with Crippen LogP contribution in [0.4, 0.5) is 14.6 Å². The normalized spacial score (nSPS) is 15.5. The van der Waals surface area contributed by atoms with Crippen molar-refractivity contribution in [3.05, 3.63) is 47.0 Å². The molecular formula is C18H19F2N3O2S2. The van der Waals surface area contributed by atoms with E-state index < -0.39 is 26.4 Å². The highest BCUT2D eigenvalue weighted by Crippen LogP contribution is 2.26. The van der Waals surface area contributed by atoms with Gasteiger partial charge >= 0.3 is 0 Å². The van der Waals surface area contributed by atoms with Crippen LogP contribution in [0.5, 0.6) is 0 Å². The molecule has 9 heteroatoms. The van der Waals surface area contributed by atoms with Gasteiger partial charge in [-0.05, 0) is 37.3 Å². The zero-order valence-electron chi connectivity index (χ0n) is 14.7. The molecule has 0 amide bonds. The number of thioether (sulfide) groups is 1. The third kappa shape index (κ3) is 4.84. The van der Waals surface area contributed by atoms with E-state index in [-0.39, 0.29) is 6.04 Å². The van der Waals surface area contributed by atoms with Crippen LogP contribution in [-0.2, 0) is 9.84 Å². The van der Waals surface area contributed by atoms with Crippen molar-refractivity contribution in [2.24, 2.45) is 0 Å². The Bertz CT molecular complexity index is 959. The molecule has 3 rings (SSSR count). The van der Waals surface area contributed by atoms with Crippen LogP contribution in [0.2, 0.25) is 0 Å². The van der Waals surface area contributed by atoms with Crippen LogP contribution >= 0.6 is 11.8 Å². The second-order valence-electron chi connectivity index (χ2n) is 6.21. The molecule has 0 bridgehead atoms. The van der Waals surface area contributed by atoms with Crippen molar-refractivity contribution in [2.45, 2.75) is 41.8 Å². The monoisotopic (exact) mass is 411 g/mol. The van der Waals surface area contributed by atoms with Crippen LogP contribution in [0.15, 0.2) is 39.9 Å². The molecule has 0 saturated heterocycles. The fourth-order valence-electron chi connectivity index (χ4n) is 2.92. The number of nitrogens with zero attached hydrogens (tertiary/aromatic N) is 2. The third-order valence-corrected chi connectivity index (χ3v) is 6.30. The minimum atomic E-state index is -4.08. The average Bonchev–Trinajstić information content (AvgIpc) is 3.13. The van der Waals surface area contributed by atoms with E-state index in [4.69, 9.17) is 0 Å². The molecule has 0 radical (unpaired) electrons. The number of rotatable bonds is 6. The largest absolute Gasteiger partial charge is 0.367 e. The quantitative estimate of drug-likeness (QED) is 0.435. The summed E-state index contributed by atoms with van der Waals surface area (Å²) in [6, 6.07) is 2.65. The van der Waals surface area contributed by atoms with Gasteiger partial charge in [0.2, 0.25) is 9.84 Å². The molecule has 1 heterocycles. The molecule has 0 unspecified atom stereocenters. The number of hydrogen-bond acceptors (Lipinski definition) is 6. The maximum Gasteiger partial charge on any atom is 0.202 e. The van der Waals surface area contributed by atoms with E-state index in [1.807, 2.05) is 6.26 Å². The van der Waals surface area contributed by atoms with Crippen molar-refractivity contribution < 1.29 is 17.2 Å². The minimum absolute atomic E-state index is 0.285. The summed E-state index contributed by atoms with van der Waals surface area (Å²) >= 11 is 1.38. The standard InChI is InChI=1S/C18H19F2N3O2S2/c1-26-18-21-11-12(17(23-18)22-14-4-2-3-5-14)8-9-27(24,25)16-7-6-13(19)10-15(16)20/h6-11,14H,2-5H2,1H3,(H,21,22,23). The highest BCUT2D eigenvalue weighted by Gasteiger charge is 2.19. The van der Waals surface area contributed by atoms with Crippen LogP contribution in [0.1, 0.15) is 31.2 Å². The van der Waals surface area contributed by atoms with E-state index in [0.717, 1.165) is 43.2 Å². The molecule has 0 spiro atoms. The second kappa shape index (κ2) is 8.35. The van der Waals surface area contributed by atoms with E-state index in [9.17, 15) is 17.2 Å². The van der Waals surface area contributed by atoms with Crippen molar-refractivity contribution >= 4 is 33.5 Å². The Labute approximate surface area is 161 Å². The van der Waals surface area contributed by atoms with Gasteiger partial charge in [-0.3, -0.25) is 0 Å². The molecule has 1 aliphatic carbocycles. The predicted octanol–water partition coefficient (Wildman–Crippen LogP) is 4.28. The van der Waals surface area contributed by atoms with Gasteiger partial charge in [0.25, 0.3) is 0 Å². The molecule has 5 nitrogen and oxygen atoms in total. The maximum atomic E-state index is 13.8. The minimum Gasteiger partial charge on any atom is -0.367 e. The lowest BCUT2D eigenvalue weighted by atomic mass is 10.2. The summed E-state index contributed by atoms with van der Waals surface area (Å²) in [5, 5.41) is 4.80. The first-order valence-electron chi connectivity index (χ1n) is 8.45. The number of nitrogens with one attached hydrogen (secondary N) is 1. The summed E-state index contributed by atoms with van der Waals surface area (Å²) in [5.41, 5.74) is 0.491. The van der Waals surface area contributed by atoms with Gasteiger partial charge in [-0.1, -0.05) is 24.6 Å². The molecule has 1 N–H and O–H groups in total. The molecule has 0 atom stereocenters. The molecule has 1 saturated carbocycles. The Kier molecular flexibility index (Phi) is 6.11. The lowest BCUT2D eigenvalue weighted by Gasteiger charge is -2.15. The van der Waals surface area contributed by atoms with Crippen LogP contribution in [0.25, 0.3) is 6.08 Å². The lowest BCUT2D eigenvalue weighted by molar-refractivity contribution is 0.552. The molecule has 144 valence electrons. The molecule has 1 aliphatic rings. The third-order valence-electron chi connectivity index (χ3n) is 4.30. The number of halogens is 2. The molecule has 1 fully saturated rings. The first-order chi connectivity index (χ1) is 12.9. The van der Waals surface area contributed by atoms with E-state index in [2.05, 4.69) is 15.3 Å². The predicted molar refractivity (Wildman–Crippen MR) is 102 cm³/mol. The van der Waals surface area contributed by atoms with Gasteiger partial charge in [-0.25, -0.2) is 27.2 Å². The molecular weight excluding hydrogens is 392 g/mol. The number of aromatic nitrogens is 2. The molecule has 1 aromatic carbocycles. The van der Waals surface area contributed by atoms with Gasteiger partial charge < -0.3 is 5.32 Å². The summed E-state index contributed by atoms with van der Waals surface area (Å²) in [6.07, 6.45) is 9.05. The van der Waals surface area contributed by atoms with Gasteiger partial charge in [0.05, 0.1) is 0 Å². The smallest absolute Gasteiger partial charge is 0.202 e. The summed E-state index contributed by atoms with van der Waals surface area (Å²) in [7, 11) is -4.08. The lowest BCUT2D eigenvalue weighted by Crippen LogP contribution is -2.17. The van der Waals surface area contributed by atoms with Crippen molar-refractivity contribution in [3.63, 3.8) is 0 Å². The zero-order valence-corrected chi connectivity index (χ0v) is 16.3. The van der Waals surface area contributed by atoms with Gasteiger partial charge in [-0.15, -0.1) is 0 Å². The van der Waals surface area contributed by atoms with E-state index >= 15 is 0 Å². The molecule has 27 heavy (non-hydrogen) atoms. The van der Waals surface area contributed by atoms with Crippen LogP contribution in [0, 0.1) is 11.6 Å². The summed E-state index contributed by atoms with van der Waals surface area (Å²) in [6.45, 7) is 0. The van der Waals surface area contributed by atoms with E-state index in [1.54, 1.807) is 0 Å². The summed E-state index contributed by atoms with van der Waals surface area (Å²) in [4.78, 5) is 8.03. The van der Waals surface area contributed by atoms with Crippen molar-refractivity contribution in [3.8, 4) is 0 Å². The highest BCUT2D eigenvalue weighted by atomic mass is 32.2. The fraction of sp³-hybridized carbons (Fsp3) is 0.333. The number of anilines is 1. The Morgan fingerprint density at radius 3 is 2.67 bits per heavy atom. The Morgan fingerprint density at radius 2 is 2.00 bits per heavy atom. The maximum absolute atomic E-state index is 13.8. The van der Waals surface area contributed by atoms with Gasteiger partial charge in [0, 0.05) is 29.3 Å². The Morgan fingerprint density at radius 1 is 1.26 bits per heavy atom. The molecule has 0 aliphatic heterocycles. The van der Waals surface area contributed by atoms with Gasteiger partial charge in [-0.2, -0.15) is 0 Å². The molecule has 2 aromatic rings. The second-order valence-corrected chi connectivity index (χ2v) is 8.78. The highest BCUT2D eigenvalue weighted by molar-refractivity contribution is 7.98. The summed E-state index contributed by atoms with van der Waals surface area (Å²) in [5.74, 6) is -1.41. The van der Waals surface area contributed by atoms with E-state index in [1.165, 1.54) is 24.0 Å². The summed E-state index contributed by atoms with van der Waals surface area (Å²) < 4.78 is 51.7. The first kappa shape index (κ1) is 19.8. The van der Waals surface area contributed by atoms with Crippen LogP contribution in [0.3, 0.4) is 0 Å². The van der Waals surface area contributed by atoms with Crippen molar-refractivity contribution in [1.82, 2.24) is 9.97 Å². The average molecular weight is 411 g/mol. The van der Waals surface area contributed by atoms with E-state index in [0.29, 0.717) is 22.6 Å². The van der Waals surface area contributed by atoms with Crippen molar-refractivity contribution in [1.29, 1.82) is 0 Å². The zero-order chi connectivity index (χ0) is 19.4. The first-order valence-corrected chi connectivity index (χ1v) is 11.2. The molecule has 1 aromatic heterocycles. The Balaban J connectivity index is 1.91. The number of benzene rings is 1. The number of sulfone groups is 1. The van der Waals surface area contributed by atoms with Gasteiger partial charge in [0.1, 0.15) is 22.3 Å². The SMILES string of the molecule is CSc1ncc(C=CS(=O)(=O)c2ccc(F)cc2F)c(NC2CCCC2)n1. The number of hydrogen-bond donors (Lipinski definition) is 1. The van der Waals surface area contributed by atoms with Crippen LogP contribution < -0.4 is 5.32 Å². The van der Waals surface area contributed by atoms with Crippen LogP contribution in [-0.4, -0.2) is 30.7 Å². The van der Waals surface area contributed by atoms with Gasteiger partial charge in [0.15, 0.2) is 5.16 Å². The Hall–Kier alpha value is -2.00.